The Labute approximate surface area is 129 Å². The van der Waals surface area contributed by atoms with Gasteiger partial charge in [0.15, 0.2) is 0 Å². The molecule has 1 aliphatic rings. The quantitative estimate of drug-likeness (QED) is 0.631. The normalized spacial score (nSPS) is 17.0. The second-order valence-electron chi connectivity index (χ2n) is 5.57. The zero-order valence-electron chi connectivity index (χ0n) is 13.2. The third kappa shape index (κ3) is 3.83. The maximum absolute atomic E-state index is 11.0. The number of anilines is 2. The highest BCUT2D eigenvalue weighted by atomic mass is 16.6. The fraction of sp³-hybridized carbons (Fsp3) is 0.643. The molecule has 122 valence electrons. The van der Waals surface area contributed by atoms with Gasteiger partial charge in [-0.2, -0.15) is 0 Å². The molecule has 1 N–H and O–H groups in total. The summed E-state index contributed by atoms with van der Waals surface area (Å²) in [5, 5.41) is 14.2. The molecule has 8 heteroatoms. The first-order valence-electron chi connectivity index (χ1n) is 7.16. The highest BCUT2D eigenvalue weighted by Crippen LogP contribution is 2.27. The monoisotopic (exact) mass is 310 g/mol. The van der Waals surface area contributed by atoms with Gasteiger partial charge in [-0.05, 0) is 0 Å². The first-order valence-corrected chi connectivity index (χ1v) is 7.16. The topological polar surface area (TPSA) is 89.8 Å². The Morgan fingerprint density at radius 3 is 2.68 bits per heavy atom. The molecule has 0 unspecified atom stereocenters. The van der Waals surface area contributed by atoms with Crippen LogP contribution in [-0.2, 0) is 9.47 Å². The van der Waals surface area contributed by atoms with Crippen LogP contribution >= 0.6 is 0 Å². The van der Waals surface area contributed by atoms with Gasteiger partial charge in [0, 0.05) is 53.8 Å². The van der Waals surface area contributed by atoms with Gasteiger partial charge < -0.3 is 19.7 Å². The van der Waals surface area contributed by atoms with Crippen LogP contribution in [0.4, 0.5) is 17.3 Å². The van der Waals surface area contributed by atoms with Gasteiger partial charge >= 0.3 is 0 Å². The van der Waals surface area contributed by atoms with E-state index in [1.807, 2.05) is 0 Å². The number of pyridine rings is 1. The summed E-state index contributed by atoms with van der Waals surface area (Å²) in [7, 11) is 5.27. The van der Waals surface area contributed by atoms with Crippen molar-refractivity contribution in [1.82, 2.24) is 4.98 Å². The van der Waals surface area contributed by atoms with Crippen molar-refractivity contribution in [2.75, 3.05) is 51.2 Å². The molecule has 0 aliphatic carbocycles. The molecule has 0 amide bonds. The molecule has 0 atom stereocenters. The second kappa shape index (κ2) is 6.89. The molecule has 2 rings (SSSR count). The van der Waals surface area contributed by atoms with Crippen molar-refractivity contribution in [2.45, 2.75) is 18.4 Å². The van der Waals surface area contributed by atoms with E-state index in [0.717, 1.165) is 12.8 Å². The smallest absolute Gasteiger partial charge is 0.276 e. The lowest BCUT2D eigenvalue weighted by Gasteiger charge is -2.36. The number of hydrogen-bond donors (Lipinski definition) is 1. The van der Waals surface area contributed by atoms with Crippen molar-refractivity contribution in [3.8, 4) is 0 Å². The van der Waals surface area contributed by atoms with E-state index in [4.69, 9.17) is 9.47 Å². The highest BCUT2D eigenvalue weighted by molar-refractivity contribution is 5.55. The van der Waals surface area contributed by atoms with Gasteiger partial charge in [-0.25, -0.2) is 4.98 Å². The van der Waals surface area contributed by atoms with E-state index in [1.165, 1.54) is 12.1 Å². The van der Waals surface area contributed by atoms with Crippen LogP contribution in [0.5, 0.6) is 0 Å². The van der Waals surface area contributed by atoms with E-state index >= 15 is 0 Å². The molecular weight excluding hydrogens is 288 g/mol. The van der Waals surface area contributed by atoms with Crippen LogP contribution in [0.15, 0.2) is 12.1 Å². The first-order chi connectivity index (χ1) is 10.5. The van der Waals surface area contributed by atoms with E-state index in [0.29, 0.717) is 31.4 Å². The number of methoxy groups -OCH3 is 1. The minimum Gasteiger partial charge on any atom is -0.381 e. The summed E-state index contributed by atoms with van der Waals surface area (Å²) in [5.74, 6) is 1.01. The van der Waals surface area contributed by atoms with Crippen LogP contribution in [0.25, 0.3) is 0 Å². The van der Waals surface area contributed by atoms with Crippen LogP contribution in [0, 0.1) is 10.1 Å². The van der Waals surface area contributed by atoms with Crippen molar-refractivity contribution in [2.24, 2.45) is 0 Å². The largest absolute Gasteiger partial charge is 0.381 e. The van der Waals surface area contributed by atoms with Crippen LogP contribution in [-0.4, -0.2) is 56.5 Å². The van der Waals surface area contributed by atoms with Crippen molar-refractivity contribution in [3.05, 3.63) is 22.2 Å². The van der Waals surface area contributed by atoms with Crippen molar-refractivity contribution in [3.63, 3.8) is 0 Å². The van der Waals surface area contributed by atoms with E-state index in [-0.39, 0.29) is 11.3 Å². The maximum atomic E-state index is 11.0. The van der Waals surface area contributed by atoms with Gasteiger partial charge in [-0.3, -0.25) is 10.1 Å². The van der Waals surface area contributed by atoms with E-state index in [1.54, 1.807) is 26.1 Å². The number of nitro groups is 1. The number of rotatable bonds is 6. The lowest BCUT2D eigenvalue weighted by molar-refractivity contribution is -0.384. The number of nitrogens with zero attached hydrogens (tertiary/aromatic N) is 3. The second-order valence-corrected chi connectivity index (χ2v) is 5.57. The molecule has 22 heavy (non-hydrogen) atoms. The van der Waals surface area contributed by atoms with Crippen molar-refractivity contribution < 1.29 is 14.4 Å². The Kier molecular flexibility index (Phi) is 5.15. The summed E-state index contributed by atoms with van der Waals surface area (Å²) in [6.07, 6.45) is 1.57. The fourth-order valence-corrected chi connectivity index (χ4v) is 2.38. The lowest BCUT2D eigenvalue weighted by atomic mass is 9.94. The highest BCUT2D eigenvalue weighted by Gasteiger charge is 2.32. The molecule has 0 spiro atoms. The molecule has 1 fully saturated rings. The van der Waals surface area contributed by atoms with Crippen LogP contribution < -0.4 is 10.2 Å². The predicted octanol–water partition coefficient (Wildman–Crippen LogP) is 1.66. The maximum Gasteiger partial charge on any atom is 0.276 e. The lowest BCUT2D eigenvalue weighted by Crippen LogP contribution is -2.44. The average molecular weight is 310 g/mol. The molecule has 2 heterocycles. The number of aromatic nitrogens is 1. The third-order valence-electron chi connectivity index (χ3n) is 3.89. The zero-order chi connectivity index (χ0) is 16.2. The molecule has 0 aromatic carbocycles. The van der Waals surface area contributed by atoms with Crippen molar-refractivity contribution >= 4 is 17.3 Å². The Morgan fingerprint density at radius 2 is 2.14 bits per heavy atom. The standard InChI is InChI=1S/C14H22N4O4/c1-17(2)13-9-11(18(19)20)8-12(16-13)15-10-14(21-3)4-6-22-7-5-14/h8-9H,4-7,10H2,1-3H3,(H,15,16). The van der Waals surface area contributed by atoms with E-state index in [9.17, 15) is 10.1 Å². The first kappa shape index (κ1) is 16.4. The van der Waals surface area contributed by atoms with Crippen LogP contribution in [0.3, 0.4) is 0 Å². The summed E-state index contributed by atoms with van der Waals surface area (Å²) in [4.78, 5) is 16.8. The molecular formula is C14H22N4O4. The summed E-state index contributed by atoms with van der Waals surface area (Å²) < 4.78 is 11.0. The van der Waals surface area contributed by atoms with Gasteiger partial charge in [0.25, 0.3) is 5.69 Å². The summed E-state index contributed by atoms with van der Waals surface area (Å²) in [6.45, 7) is 1.84. The van der Waals surface area contributed by atoms with Crippen LogP contribution in [0.2, 0.25) is 0 Å². The zero-order valence-corrected chi connectivity index (χ0v) is 13.2. The number of hydrogen-bond acceptors (Lipinski definition) is 7. The third-order valence-corrected chi connectivity index (χ3v) is 3.89. The molecule has 0 saturated carbocycles. The molecule has 1 saturated heterocycles. The number of nitrogens with one attached hydrogen (secondary N) is 1. The minimum absolute atomic E-state index is 0.0136. The van der Waals surface area contributed by atoms with Crippen molar-refractivity contribution in [1.29, 1.82) is 0 Å². The molecule has 0 radical (unpaired) electrons. The fourth-order valence-electron chi connectivity index (χ4n) is 2.38. The number of ether oxygens (including phenoxy) is 2. The SMILES string of the molecule is COC1(CNc2cc([N+](=O)[O-])cc(N(C)C)n2)CCOCC1. The summed E-state index contributed by atoms with van der Waals surface area (Å²) in [5.41, 5.74) is -0.303. The Balaban J connectivity index is 2.16. The van der Waals surface area contributed by atoms with E-state index in [2.05, 4.69) is 10.3 Å². The summed E-state index contributed by atoms with van der Waals surface area (Å²) in [6, 6.07) is 2.89. The molecule has 1 aromatic heterocycles. The molecule has 0 bridgehead atoms. The molecule has 1 aromatic rings. The van der Waals surface area contributed by atoms with E-state index < -0.39 is 4.92 Å². The van der Waals surface area contributed by atoms with Gasteiger partial charge in [0.05, 0.1) is 22.7 Å². The average Bonchev–Trinajstić information content (AvgIpc) is 2.53. The Hall–Kier alpha value is -1.93. The Morgan fingerprint density at radius 1 is 1.45 bits per heavy atom. The molecule has 8 nitrogen and oxygen atoms in total. The predicted molar refractivity (Wildman–Crippen MR) is 83.5 cm³/mol. The minimum atomic E-state index is -0.416. The van der Waals surface area contributed by atoms with Gasteiger partial charge in [-0.1, -0.05) is 0 Å². The Bertz CT molecular complexity index is 530. The van der Waals surface area contributed by atoms with Gasteiger partial charge in [0.2, 0.25) is 0 Å². The summed E-state index contributed by atoms with van der Waals surface area (Å²) >= 11 is 0. The molecule has 1 aliphatic heterocycles. The van der Waals surface area contributed by atoms with Crippen LogP contribution in [0.1, 0.15) is 12.8 Å². The van der Waals surface area contributed by atoms with Gasteiger partial charge in [-0.15, -0.1) is 0 Å². The van der Waals surface area contributed by atoms with Gasteiger partial charge in [0.1, 0.15) is 11.6 Å².